The highest BCUT2D eigenvalue weighted by Gasteiger charge is 2.24. The lowest BCUT2D eigenvalue weighted by molar-refractivity contribution is 0.0950. The van der Waals surface area contributed by atoms with E-state index in [0.717, 1.165) is 34.6 Å². The van der Waals surface area contributed by atoms with E-state index >= 15 is 0 Å². The molecule has 0 aliphatic heterocycles. The van der Waals surface area contributed by atoms with E-state index in [1.165, 1.54) is 32.1 Å². The van der Waals surface area contributed by atoms with Gasteiger partial charge < -0.3 is 15.2 Å². The van der Waals surface area contributed by atoms with Crippen LogP contribution in [0.2, 0.25) is 0 Å². The minimum Gasteiger partial charge on any atom is -0.369 e. The Morgan fingerprint density at radius 1 is 1.19 bits per heavy atom. The maximum Gasteiger partial charge on any atom is 0.253 e. The largest absolute Gasteiger partial charge is 0.369 e. The maximum absolute atomic E-state index is 13.2. The highest BCUT2D eigenvalue weighted by molar-refractivity contribution is 5.98. The summed E-state index contributed by atoms with van der Waals surface area (Å²) in [4.78, 5) is 30.7. The van der Waals surface area contributed by atoms with E-state index in [1.54, 1.807) is 6.08 Å². The van der Waals surface area contributed by atoms with Crippen molar-refractivity contribution in [2.75, 3.05) is 11.4 Å². The highest BCUT2D eigenvalue weighted by atomic mass is 16.1. The van der Waals surface area contributed by atoms with Crippen molar-refractivity contribution in [3.63, 3.8) is 0 Å². The van der Waals surface area contributed by atoms with Crippen LogP contribution in [0.1, 0.15) is 77.3 Å². The number of H-pyrrole nitrogens is 1. The summed E-state index contributed by atoms with van der Waals surface area (Å²) >= 11 is 0. The van der Waals surface area contributed by atoms with Gasteiger partial charge in [0, 0.05) is 41.6 Å². The molecule has 1 aromatic heterocycles. The zero-order valence-electron chi connectivity index (χ0n) is 19.3. The molecule has 1 saturated carbocycles. The van der Waals surface area contributed by atoms with Gasteiger partial charge in [0.1, 0.15) is 0 Å². The van der Waals surface area contributed by atoms with Gasteiger partial charge in [0.25, 0.3) is 11.5 Å². The Morgan fingerprint density at radius 3 is 2.52 bits per heavy atom. The Morgan fingerprint density at radius 2 is 1.90 bits per heavy atom. The molecule has 5 nitrogen and oxygen atoms in total. The van der Waals surface area contributed by atoms with Crippen LogP contribution in [-0.4, -0.2) is 23.5 Å². The van der Waals surface area contributed by atoms with Crippen molar-refractivity contribution in [3.05, 3.63) is 68.6 Å². The van der Waals surface area contributed by atoms with E-state index in [4.69, 9.17) is 0 Å². The number of benzene rings is 1. The first-order chi connectivity index (χ1) is 14.8. The number of rotatable bonds is 7. The second kappa shape index (κ2) is 9.99. The number of amides is 1. The third kappa shape index (κ3) is 5.09. The number of aromatic amines is 1. The fourth-order valence-electron chi connectivity index (χ4n) is 4.76. The topological polar surface area (TPSA) is 65.2 Å². The lowest BCUT2D eigenvalue weighted by Crippen LogP contribution is -2.37. The van der Waals surface area contributed by atoms with E-state index in [0.29, 0.717) is 17.2 Å². The van der Waals surface area contributed by atoms with Gasteiger partial charge in [-0.05, 0) is 75.4 Å². The number of hydrogen-bond donors (Lipinski definition) is 2. The smallest absolute Gasteiger partial charge is 0.253 e. The number of anilines is 1. The fourth-order valence-corrected chi connectivity index (χ4v) is 4.76. The minimum absolute atomic E-state index is 0.149. The summed E-state index contributed by atoms with van der Waals surface area (Å²) in [5, 5.41) is 2.96. The van der Waals surface area contributed by atoms with Crippen molar-refractivity contribution < 1.29 is 4.79 Å². The van der Waals surface area contributed by atoms with E-state index < -0.39 is 0 Å². The van der Waals surface area contributed by atoms with Gasteiger partial charge in [-0.3, -0.25) is 9.59 Å². The second-order valence-electron chi connectivity index (χ2n) is 8.62. The molecule has 2 N–H and O–H groups in total. The van der Waals surface area contributed by atoms with Crippen molar-refractivity contribution in [3.8, 4) is 0 Å². The van der Waals surface area contributed by atoms with Gasteiger partial charge >= 0.3 is 0 Å². The molecule has 166 valence electrons. The van der Waals surface area contributed by atoms with Gasteiger partial charge in [-0.25, -0.2) is 0 Å². The number of nitrogens with one attached hydrogen (secondary N) is 2. The molecular formula is C26H35N3O2. The zero-order valence-corrected chi connectivity index (χ0v) is 19.3. The number of aromatic nitrogens is 1. The Balaban J connectivity index is 1.90. The molecule has 31 heavy (non-hydrogen) atoms. The summed E-state index contributed by atoms with van der Waals surface area (Å²) in [5.74, 6) is -0.165. The number of carbonyl (C=O) groups is 1. The average molecular weight is 422 g/mol. The fraction of sp³-hybridized carbons (Fsp3) is 0.462. The first-order valence-electron chi connectivity index (χ1n) is 11.4. The lowest BCUT2D eigenvalue weighted by Gasteiger charge is -2.37. The Bertz CT molecular complexity index is 1020. The molecule has 5 heteroatoms. The molecule has 1 aromatic carbocycles. The summed E-state index contributed by atoms with van der Waals surface area (Å²) < 4.78 is 0. The predicted octanol–water partition coefficient (Wildman–Crippen LogP) is 5.03. The number of hydrogen-bond acceptors (Lipinski definition) is 3. The molecule has 0 unspecified atom stereocenters. The summed E-state index contributed by atoms with van der Waals surface area (Å²) in [6.07, 6.45) is 8.03. The van der Waals surface area contributed by atoms with Gasteiger partial charge in [0.2, 0.25) is 0 Å². The molecule has 0 saturated heterocycles. The molecule has 1 amide bonds. The Kier molecular flexibility index (Phi) is 7.37. The first-order valence-corrected chi connectivity index (χ1v) is 11.4. The zero-order chi connectivity index (χ0) is 22.5. The summed E-state index contributed by atoms with van der Waals surface area (Å²) in [7, 11) is 0. The van der Waals surface area contributed by atoms with Crippen molar-refractivity contribution in [1.29, 1.82) is 0 Å². The van der Waals surface area contributed by atoms with Crippen LogP contribution in [-0.2, 0) is 6.54 Å². The molecule has 1 fully saturated rings. The van der Waals surface area contributed by atoms with Crippen LogP contribution in [0.5, 0.6) is 0 Å². The van der Waals surface area contributed by atoms with Crippen molar-refractivity contribution in [1.82, 2.24) is 10.3 Å². The molecule has 1 aliphatic carbocycles. The quantitative estimate of drug-likeness (QED) is 0.659. The monoisotopic (exact) mass is 421 g/mol. The number of carbonyl (C=O) groups excluding carboxylic acids is 1. The molecular weight excluding hydrogens is 386 g/mol. The van der Waals surface area contributed by atoms with Crippen molar-refractivity contribution >= 4 is 17.7 Å². The van der Waals surface area contributed by atoms with Gasteiger partial charge in [-0.2, -0.15) is 0 Å². The number of pyridine rings is 1. The molecule has 1 heterocycles. The molecule has 2 aromatic rings. The summed E-state index contributed by atoms with van der Waals surface area (Å²) in [6, 6.07) is 6.48. The van der Waals surface area contributed by atoms with Crippen LogP contribution in [0.4, 0.5) is 5.69 Å². The number of nitrogens with zero attached hydrogens (tertiary/aromatic N) is 1. The number of aryl methyl sites for hydroxylation is 2. The SMILES string of the molecule is C=Cc1cc(C(=O)NCc2c(C)cc(C)[nH]c2=O)c(C)c(N(CC)C2CCCCC2)c1. The average Bonchev–Trinajstić information content (AvgIpc) is 2.75. The predicted molar refractivity (Wildman–Crippen MR) is 129 cm³/mol. The van der Waals surface area contributed by atoms with Gasteiger partial charge in [-0.15, -0.1) is 0 Å². The van der Waals surface area contributed by atoms with Crippen LogP contribution >= 0.6 is 0 Å². The molecule has 1 aliphatic rings. The second-order valence-corrected chi connectivity index (χ2v) is 8.62. The van der Waals surface area contributed by atoms with Gasteiger partial charge in [0.15, 0.2) is 0 Å². The minimum atomic E-state index is -0.165. The third-order valence-electron chi connectivity index (χ3n) is 6.47. The lowest BCUT2D eigenvalue weighted by atomic mass is 9.92. The van der Waals surface area contributed by atoms with Crippen LogP contribution in [0, 0.1) is 20.8 Å². The van der Waals surface area contributed by atoms with E-state index in [9.17, 15) is 9.59 Å². The van der Waals surface area contributed by atoms with Crippen LogP contribution < -0.4 is 15.8 Å². The Labute approximate surface area is 185 Å². The molecule has 0 bridgehead atoms. The first kappa shape index (κ1) is 22.9. The van der Waals surface area contributed by atoms with Crippen LogP contribution in [0.25, 0.3) is 6.08 Å². The van der Waals surface area contributed by atoms with Gasteiger partial charge in [-0.1, -0.05) is 31.9 Å². The van der Waals surface area contributed by atoms with Crippen LogP contribution in [0.15, 0.2) is 29.6 Å². The molecule has 3 rings (SSSR count). The summed E-state index contributed by atoms with van der Waals surface area (Å²) in [5.41, 5.74) is 5.81. The van der Waals surface area contributed by atoms with E-state index in [2.05, 4.69) is 34.8 Å². The van der Waals surface area contributed by atoms with E-state index in [1.807, 2.05) is 32.9 Å². The van der Waals surface area contributed by atoms with Crippen LogP contribution in [0.3, 0.4) is 0 Å². The standard InChI is InChI=1S/C26H35N3O2/c1-6-20-14-22(25(30)27-16-23-17(3)13-18(4)28-26(23)31)19(5)24(15-20)29(7-2)21-11-9-8-10-12-21/h6,13-15,21H,1,7-12,16H2,2-5H3,(H,27,30)(H,28,31). The van der Waals surface area contributed by atoms with Gasteiger partial charge in [0.05, 0.1) is 0 Å². The van der Waals surface area contributed by atoms with Crippen molar-refractivity contribution in [2.45, 2.75) is 72.4 Å². The normalized spacial score (nSPS) is 14.3. The highest BCUT2D eigenvalue weighted by Crippen LogP contribution is 2.32. The van der Waals surface area contributed by atoms with Crippen molar-refractivity contribution in [2.24, 2.45) is 0 Å². The third-order valence-corrected chi connectivity index (χ3v) is 6.47. The molecule has 0 spiro atoms. The molecule has 0 radical (unpaired) electrons. The molecule has 0 atom stereocenters. The Hall–Kier alpha value is -2.82. The summed E-state index contributed by atoms with van der Waals surface area (Å²) in [6.45, 7) is 13.0. The maximum atomic E-state index is 13.2. The van der Waals surface area contributed by atoms with E-state index in [-0.39, 0.29) is 18.0 Å².